The molecule has 1 unspecified atom stereocenters. The van der Waals surface area contributed by atoms with Gasteiger partial charge in [0.2, 0.25) is 0 Å². The predicted molar refractivity (Wildman–Crippen MR) is 99.3 cm³/mol. The molecule has 0 spiro atoms. The predicted octanol–water partition coefficient (Wildman–Crippen LogP) is 4.17. The quantitative estimate of drug-likeness (QED) is 0.490. The van der Waals surface area contributed by atoms with Gasteiger partial charge in [-0.15, -0.1) is 0 Å². The second kappa shape index (κ2) is 10.2. The zero-order valence-electron chi connectivity index (χ0n) is 14.7. The second-order valence-electron chi connectivity index (χ2n) is 6.65. The van der Waals surface area contributed by atoms with Crippen molar-refractivity contribution in [3.8, 4) is 0 Å². The van der Waals surface area contributed by atoms with Crippen molar-refractivity contribution in [3.63, 3.8) is 0 Å². The Morgan fingerprint density at radius 1 is 1.17 bits per heavy atom. The highest BCUT2D eigenvalue weighted by molar-refractivity contribution is 5.95. The van der Waals surface area contributed by atoms with Gasteiger partial charge in [-0.2, -0.15) is 0 Å². The lowest BCUT2D eigenvalue weighted by Crippen LogP contribution is -2.26. The highest BCUT2D eigenvalue weighted by Crippen LogP contribution is 2.30. The lowest BCUT2D eigenvalue weighted by molar-refractivity contribution is 0.0939. The summed E-state index contributed by atoms with van der Waals surface area (Å²) in [7, 11) is 0. The van der Waals surface area contributed by atoms with Gasteiger partial charge in [0.15, 0.2) is 5.78 Å². The number of nitrogens with one attached hydrogen (secondary N) is 1. The molecule has 2 rings (SSSR count). The summed E-state index contributed by atoms with van der Waals surface area (Å²) < 4.78 is 5.60. The van der Waals surface area contributed by atoms with Gasteiger partial charge < -0.3 is 10.1 Å². The van der Waals surface area contributed by atoms with E-state index in [9.17, 15) is 4.79 Å². The van der Waals surface area contributed by atoms with Crippen molar-refractivity contribution in [3.05, 3.63) is 60.2 Å². The zero-order valence-corrected chi connectivity index (χ0v) is 14.7. The van der Waals surface area contributed by atoms with E-state index in [-0.39, 0.29) is 5.78 Å². The summed E-state index contributed by atoms with van der Waals surface area (Å²) in [4.78, 5) is 11.9. The summed E-state index contributed by atoms with van der Waals surface area (Å²) in [6.07, 6.45) is 12.4. The minimum atomic E-state index is 0.195. The van der Waals surface area contributed by atoms with E-state index >= 15 is 0 Å². The van der Waals surface area contributed by atoms with E-state index in [2.05, 4.69) is 36.5 Å². The summed E-state index contributed by atoms with van der Waals surface area (Å²) >= 11 is 0. The van der Waals surface area contributed by atoms with E-state index in [4.69, 9.17) is 4.74 Å². The molecule has 0 fully saturated rings. The Bertz CT molecular complexity index is 550. The molecule has 1 atom stereocenters. The maximum absolute atomic E-state index is 11.9. The van der Waals surface area contributed by atoms with Gasteiger partial charge in [-0.25, -0.2) is 0 Å². The van der Waals surface area contributed by atoms with Crippen molar-refractivity contribution < 1.29 is 9.53 Å². The topological polar surface area (TPSA) is 38.3 Å². The third-order valence-corrected chi connectivity index (χ3v) is 4.41. The van der Waals surface area contributed by atoms with Gasteiger partial charge in [0.1, 0.15) is 0 Å². The van der Waals surface area contributed by atoms with Crippen molar-refractivity contribution in [1.82, 2.24) is 5.32 Å². The van der Waals surface area contributed by atoms with Crippen LogP contribution in [0.3, 0.4) is 0 Å². The van der Waals surface area contributed by atoms with Crippen LogP contribution >= 0.6 is 0 Å². The molecule has 0 heterocycles. The lowest BCUT2D eigenvalue weighted by atomic mass is 9.81. The first-order valence-electron chi connectivity index (χ1n) is 8.91. The fourth-order valence-corrected chi connectivity index (χ4v) is 2.81. The maximum atomic E-state index is 11.9. The Hall–Kier alpha value is -1.71. The molecule has 0 amide bonds. The van der Waals surface area contributed by atoms with E-state index in [1.54, 1.807) is 0 Å². The summed E-state index contributed by atoms with van der Waals surface area (Å²) in [5.41, 5.74) is 1.08. The molecule has 1 aliphatic carbocycles. The summed E-state index contributed by atoms with van der Waals surface area (Å²) in [6.45, 7) is 5.51. The molecule has 24 heavy (non-hydrogen) atoms. The fourth-order valence-electron chi connectivity index (χ4n) is 2.81. The van der Waals surface area contributed by atoms with E-state index in [1.807, 2.05) is 30.3 Å². The third kappa shape index (κ3) is 6.81. The van der Waals surface area contributed by atoms with Crippen LogP contribution in [-0.4, -0.2) is 32.1 Å². The second-order valence-corrected chi connectivity index (χ2v) is 6.65. The molecule has 0 saturated heterocycles. The minimum Gasteiger partial charge on any atom is -0.380 e. The molecule has 3 nitrogen and oxygen atoms in total. The summed E-state index contributed by atoms with van der Waals surface area (Å²) in [5, 5.41) is 3.43. The van der Waals surface area contributed by atoms with Crippen LogP contribution in [0.5, 0.6) is 0 Å². The van der Waals surface area contributed by atoms with Crippen LogP contribution in [0.15, 0.2) is 54.6 Å². The standard InChI is InChI=1S/C21H29NO2/c1-21(12-6-3-7-13-21)14-15-22-16-18-24-17-8-11-20(23)19-9-4-2-5-10-19/h2-7,9-10,12,22H,8,11,13-18H2,1H3. The first-order valence-corrected chi connectivity index (χ1v) is 8.91. The average Bonchev–Trinajstić information content (AvgIpc) is 2.61. The van der Waals surface area contributed by atoms with E-state index in [1.165, 1.54) is 0 Å². The number of Topliss-reactive ketones (excluding diaryl/α,β-unsaturated/α-hetero) is 1. The van der Waals surface area contributed by atoms with Crippen LogP contribution in [-0.2, 0) is 4.74 Å². The largest absolute Gasteiger partial charge is 0.380 e. The fraction of sp³-hybridized carbons (Fsp3) is 0.476. The Kier molecular flexibility index (Phi) is 7.93. The molecule has 0 aliphatic heterocycles. The van der Waals surface area contributed by atoms with Crippen molar-refractivity contribution in [2.75, 3.05) is 26.3 Å². The summed E-state index contributed by atoms with van der Waals surface area (Å²) in [5.74, 6) is 0.195. The van der Waals surface area contributed by atoms with Crippen LogP contribution in [0.1, 0.15) is 43.0 Å². The van der Waals surface area contributed by atoms with Gasteiger partial charge in [0.25, 0.3) is 0 Å². The van der Waals surface area contributed by atoms with Gasteiger partial charge in [0.05, 0.1) is 6.61 Å². The highest BCUT2D eigenvalue weighted by Gasteiger charge is 2.19. The Labute approximate surface area is 145 Å². The van der Waals surface area contributed by atoms with Crippen molar-refractivity contribution in [2.24, 2.45) is 5.41 Å². The molecule has 1 aromatic rings. The molecular weight excluding hydrogens is 298 g/mol. The smallest absolute Gasteiger partial charge is 0.162 e. The van der Waals surface area contributed by atoms with Crippen LogP contribution in [0.4, 0.5) is 0 Å². The number of hydrogen-bond donors (Lipinski definition) is 1. The van der Waals surface area contributed by atoms with Crippen molar-refractivity contribution in [2.45, 2.75) is 32.6 Å². The third-order valence-electron chi connectivity index (χ3n) is 4.41. The molecule has 3 heteroatoms. The SMILES string of the molecule is CC1(CCNCCOCCCC(=O)c2ccccc2)C=CC=CC1. The van der Waals surface area contributed by atoms with E-state index < -0.39 is 0 Å². The Morgan fingerprint density at radius 2 is 2.00 bits per heavy atom. The van der Waals surface area contributed by atoms with Crippen molar-refractivity contribution >= 4 is 5.78 Å². The molecule has 0 radical (unpaired) electrons. The summed E-state index contributed by atoms with van der Waals surface area (Å²) in [6, 6.07) is 9.45. The first kappa shape index (κ1) is 18.6. The molecule has 1 aromatic carbocycles. The molecule has 130 valence electrons. The number of carbonyl (C=O) groups is 1. The van der Waals surface area contributed by atoms with E-state index in [0.29, 0.717) is 25.0 Å². The number of ether oxygens (including phenoxy) is 1. The lowest BCUT2D eigenvalue weighted by Gasteiger charge is -2.26. The van der Waals surface area contributed by atoms with Gasteiger partial charge >= 0.3 is 0 Å². The number of allylic oxidation sites excluding steroid dienone is 4. The molecule has 0 saturated carbocycles. The van der Waals surface area contributed by atoms with Gasteiger partial charge in [-0.05, 0) is 31.2 Å². The number of benzene rings is 1. The van der Waals surface area contributed by atoms with Gasteiger partial charge in [0, 0.05) is 25.1 Å². The minimum absolute atomic E-state index is 0.195. The van der Waals surface area contributed by atoms with Crippen LogP contribution in [0.2, 0.25) is 0 Å². The first-order chi connectivity index (χ1) is 11.7. The Balaban J connectivity index is 1.44. The molecule has 1 aliphatic rings. The maximum Gasteiger partial charge on any atom is 0.162 e. The Morgan fingerprint density at radius 3 is 2.75 bits per heavy atom. The van der Waals surface area contributed by atoms with Crippen LogP contribution in [0, 0.1) is 5.41 Å². The highest BCUT2D eigenvalue weighted by atomic mass is 16.5. The monoisotopic (exact) mass is 327 g/mol. The molecule has 1 N–H and O–H groups in total. The van der Waals surface area contributed by atoms with Gasteiger partial charge in [-0.1, -0.05) is 61.6 Å². The normalized spacial score (nSPS) is 19.5. The van der Waals surface area contributed by atoms with Gasteiger partial charge in [-0.3, -0.25) is 4.79 Å². The number of carbonyl (C=O) groups excluding carboxylic acids is 1. The molecule has 0 bridgehead atoms. The van der Waals surface area contributed by atoms with E-state index in [0.717, 1.165) is 37.9 Å². The molecular formula is C21H29NO2. The average molecular weight is 327 g/mol. The molecule has 0 aromatic heterocycles. The van der Waals surface area contributed by atoms with Crippen molar-refractivity contribution in [1.29, 1.82) is 0 Å². The van der Waals surface area contributed by atoms with Crippen LogP contribution in [0.25, 0.3) is 0 Å². The zero-order chi connectivity index (χ0) is 17.1. The number of rotatable bonds is 11. The van der Waals surface area contributed by atoms with Crippen LogP contribution < -0.4 is 5.32 Å². The number of ketones is 1. The number of hydrogen-bond acceptors (Lipinski definition) is 3.